The van der Waals surface area contributed by atoms with E-state index in [1.807, 2.05) is 140 Å². The van der Waals surface area contributed by atoms with Gasteiger partial charge in [0, 0.05) is 33.4 Å². The van der Waals surface area contributed by atoms with Crippen molar-refractivity contribution in [3.8, 4) is 67.8 Å². The highest BCUT2D eigenvalue weighted by atomic mass is 19.1. The Balaban J connectivity index is 1.40. The fourth-order valence-corrected chi connectivity index (χ4v) is 5.01. The van der Waals surface area contributed by atoms with E-state index >= 15 is 4.39 Å². The number of halogens is 1. The molecule has 204 valence electrons. The third-order valence-corrected chi connectivity index (χ3v) is 7.19. The summed E-state index contributed by atoms with van der Waals surface area (Å²) in [5.41, 5.74) is 7.47. The average Bonchev–Trinajstić information content (AvgIpc) is 3.09. The number of nitrogens with zero attached hydrogens (tertiary/aromatic N) is 4. The molecule has 0 unspecified atom stereocenters. The fourth-order valence-electron chi connectivity index (χ4n) is 5.01. The first kappa shape index (κ1) is 26.1. The van der Waals surface area contributed by atoms with Gasteiger partial charge in [0.1, 0.15) is 5.82 Å². The molecule has 7 aromatic rings. The van der Waals surface area contributed by atoms with Crippen LogP contribution < -0.4 is 0 Å². The Hall–Kier alpha value is -5.81. The molecule has 0 saturated heterocycles. The zero-order valence-electron chi connectivity index (χ0n) is 23.1. The van der Waals surface area contributed by atoms with Crippen LogP contribution in [0, 0.1) is 5.82 Å². The van der Waals surface area contributed by atoms with E-state index < -0.39 is 0 Å². The SMILES string of the molecule is Fc1ccc(-c2cc(-c3ccccc3)nc(-c3ccccc3)n2)cc1-c1cc(-c2ccccc2)nc(-c2ccccc2)n1. The molecular formula is C38H25FN4. The van der Waals surface area contributed by atoms with E-state index in [9.17, 15) is 0 Å². The molecule has 0 bridgehead atoms. The zero-order chi connectivity index (χ0) is 29.0. The van der Waals surface area contributed by atoms with Gasteiger partial charge in [0.15, 0.2) is 11.6 Å². The van der Waals surface area contributed by atoms with Crippen LogP contribution in [0.4, 0.5) is 4.39 Å². The fraction of sp³-hybridized carbons (Fsp3) is 0. The van der Waals surface area contributed by atoms with Crippen molar-refractivity contribution in [1.29, 1.82) is 0 Å². The van der Waals surface area contributed by atoms with Crippen molar-refractivity contribution in [2.75, 3.05) is 0 Å². The van der Waals surface area contributed by atoms with Crippen LogP contribution in [-0.2, 0) is 0 Å². The molecule has 43 heavy (non-hydrogen) atoms. The van der Waals surface area contributed by atoms with Gasteiger partial charge in [0.05, 0.1) is 22.8 Å². The van der Waals surface area contributed by atoms with Gasteiger partial charge in [0.25, 0.3) is 0 Å². The summed E-state index contributed by atoms with van der Waals surface area (Å²) in [6.07, 6.45) is 0. The summed E-state index contributed by atoms with van der Waals surface area (Å²) < 4.78 is 15.6. The summed E-state index contributed by atoms with van der Waals surface area (Å²) in [5, 5.41) is 0. The van der Waals surface area contributed by atoms with Gasteiger partial charge in [-0.2, -0.15) is 0 Å². The lowest BCUT2D eigenvalue weighted by atomic mass is 10.0. The van der Waals surface area contributed by atoms with Crippen LogP contribution >= 0.6 is 0 Å². The molecule has 0 aliphatic heterocycles. The first-order valence-electron chi connectivity index (χ1n) is 14.0. The Bertz CT molecular complexity index is 1900. The van der Waals surface area contributed by atoms with Gasteiger partial charge in [-0.3, -0.25) is 0 Å². The monoisotopic (exact) mass is 556 g/mol. The molecule has 0 saturated carbocycles. The molecule has 0 radical (unpaired) electrons. The number of hydrogen-bond donors (Lipinski definition) is 0. The minimum atomic E-state index is -0.374. The highest BCUT2D eigenvalue weighted by Crippen LogP contribution is 2.33. The summed E-state index contributed by atoms with van der Waals surface area (Å²) in [5.74, 6) is 0.755. The number of aromatic nitrogens is 4. The third kappa shape index (κ3) is 5.56. The Morgan fingerprint density at radius 1 is 0.326 bits per heavy atom. The number of benzene rings is 5. The van der Waals surface area contributed by atoms with Crippen molar-refractivity contribution in [2.24, 2.45) is 0 Å². The van der Waals surface area contributed by atoms with Crippen molar-refractivity contribution < 1.29 is 4.39 Å². The van der Waals surface area contributed by atoms with Crippen LogP contribution in [0.1, 0.15) is 0 Å². The Labute approximate surface area is 249 Å². The zero-order valence-corrected chi connectivity index (χ0v) is 23.1. The maximum absolute atomic E-state index is 15.6. The summed E-state index contributed by atoms with van der Waals surface area (Å²) >= 11 is 0. The predicted octanol–water partition coefficient (Wildman–Crippen LogP) is 9.41. The normalized spacial score (nSPS) is 10.9. The number of rotatable bonds is 6. The Morgan fingerprint density at radius 2 is 0.698 bits per heavy atom. The number of hydrogen-bond acceptors (Lipinski definition) is 4. The van der Waals surface area contributed by atoms with E-state index in [1.54, 1.807) is 6.07 Å². The lowest BCUT2D eigenvalue weighted by Gasteiger charge is -2.12. The van der Waals surface area contributed by atoms with Crippen molar-refractivity contribution in [3.05, 3.63) is 157 Å². The largest absolute Gasteiger partial charge is 0.228 e. The molecule has 0 aliphatic carbocycles. The molecular weight excluding hydrogens is 531 g/mol. The van der Waals surface area contributed by atoms with Crippen LogP contribution in [-0.4, -0.2) is 19.9 Å². The van der Waals surface area contributed by atoms with E-state index in [-0.39, 0.29) is 5.82 Å². The van der Waals surface area contributed by atoms with Crippen LogP contribution in [0.3, 0.4) is 0 Å². The molecule has 5 heteroatoms. The van der Waals surface area contributed by atoms with Gasteiger partial charge in [-0.1, -0.05) is 121 Å². The van der Waals surface area contributed by atoms with Gasteiger partial charge in [0.2, 0.25) is 0 Å². The molecule has 7 rings (SSSR count). The molecule has 5 aromatic carbocycles. The van der Waals surface area contributed by atoms with Crippen molar-refractivity contribution >= 4 is 0 Å². The quantitative estimate of drug-likeness (QED) is 0.205. The van der Waals surface area contributed by atoms with Crippen molar-refractivity contribution in [3.63, 3.8) is 0 Å². The van der Waals surface area contributed by atoms with Gasteiger partial charge in [-0.15, -0.1) is 0 Å². The predicted molar refractivity (Wildman–Crippen MR) is 170 cm³/mol. The Kier molecular flexibility index (Phi) is 7.04. The topological polar surface area (TPSA) is 51.6 Å². The van der Waals surface area contributed by atoms with Crippen LogP contribution in [0.15, 0.2) is 152 Å². The van der Waals surface area contributed by atoms with Gasteiger partial charge >= 0.3 is 0 Å². The van der Waals surface area contributed by atoms with E-state index in [4.69, 9.17) is 19.9 Å². The molecule has 4 nitrogen and oxygen atoms in total. The van der Waals surface area contributed by atoms with E-state index in [2.05, 4.69) is 0 Å². The summed E-state index contributed by atoms with van der Waals surface area (Å²) in [7, 11) is 0. The van der Waals surface area contributed by atoms with Crippen LogP contribution in [0.2, 0.25) is 0 Å². The maximum Gasteiger partial charge on any atom is 0.160 e. The summed E-state index contributed by atoms with van der Waals surface area (Å²) in [6.45, 7) is 0. The summed E-state index contributed by atoms with van der Waals surface area (Å²) in [6, 6.07) is 48.3. The van der Waals surface area contributed by atoms with E-state index in [1.165, 1.54) is 6.07 Å². The molecule has 2 heterocycles. The lowest BCUT2D eigenvalue weighted by Crippen LogP contribution is -1.99. The molecule has 0 aliphatic rings. The summed E-state index contributed by atoms with van der Waals surface area (Å²) in [4.78, 5) is 19.5. The van der Waals surface area contributed by atoms with Crippen LogP contribution in [0.25, 0.3) is 67.8 Å². The highest BCUT2D eigenvalue weighted by molar-refractivity contribution is 5.77. The lowest BCUT2D eigenvalue weighted by molar-refractivity contribution is 0.631. The van der Waals surface area contributed by atoms with Gasteiger partial charge in [-0.25, -0.2) is 24.3 Å². The molecule has 0 atom stereocenters. The molecule has 2 aromatic heterocycles. The minimum Gasteiger partial charge on any atom is -0.228 e. The minimum absolute atomic E-state index is 0.371. The van der Waals surface area contributed by atoms with E-state index in [0.717, 1.165) is 33.5 Å². The second-order valence-corrected chi connectivity index (χ2v) is 10.1. The van der Waals surface area contributed by atoms with Crippen molar-refractivity contribution in [1.82, 2.24) is 19.9 Å². The Morgan fingerprint density at radius 3 is 1.16 bits per heavy atom. The maximum atomic E-state index is 15.6. The first-order valence-corrected chi connectivity index (χ1v) is 14.0. The second-order valence-electron chi connectivity index (χ2n) is 10.1. The van der Waals surface area contributed by atoms with Gasteiger partial charge < -0.3 is 0 Å². The molecule has 0 N–H and O–H groups in total. The van der Waals surface area contributed by atoms with Crippen molar-refractivity contribution in [2.45, 2.75) is 0 Å². The molecule has 0 fully saturated rings. The first-order chi connectivity index (χ1) is 21.2. The van der Waals surface area contributed by atoms with Crippen LogP contribution in [0.5, 0.6) is 0 Å². The highest BCUT2D eigenvalue weighted by Gasteiger charge is 2.16. The van der Waals surface area contributed by atoms with Gasteiger partial charge in [-0.05, 0) is 30.3 Å². The molecule has 0 amide bonds. The average molecular weight is 557 g/mol. The standard InChI is InChI=1S/C38H25FN4/c39-32-22-21-30(35-24-33(26-13-5-1-6-14-26)40-37(42-35)28-17-9-3-10-18-28)23-31(32)36-25-34(27-15-7-2-8-16-27)41-38(43-36)29-19-11-4-12-20-29/h1-25H. The molecule has 0 spiro atoms. The van der Waals surface area contributed by atoms with E-state index in [0.29, 0.717) is 34.3 Å². The smallest absolute Gasteiger partial charge is 0.160 e. The second kappa shape index (κ2) is 11.6. The third-order valence-electron chi connectivity index (χ3n) is 7.19.